The van der Waals surface area contributed by atoms with Crippen LogP contribution in [0.4, 0.5) is 0 Å². The lowest BCUT2D eigenvalue weighted by Gasteiger charge is -2.36. The minimum atomic E-state index is -0.242. The Morgan fingerprint density at radius 2 is 2.17 bits per heavy atom. The summed E-state index contributed by atoms with van der Waals surface area (Å²) in [7, 11) is 2.05. The van der Waals surface area contributed by atoms with Gasteiger partial charge in [0.1, 0.15) is 5.60 Å². The molecule has 24 heavy (non-hydrogen) atoms. The molecule has 3 rings (SSSR count). The highest BCUT2D eigenvalue weighted by Gasteiger charge is 2.27. The summed E-state index contributed by atoms with van der Waals surface area (Å²) in [5.41, 5.74) is 4.21. The Balaban J connectivity index is 1.85. The number of nitrogens with one attached hydrogen (secondary N) is 1. The number of nitriles is 1. The first-order valence-corrected chi connectivity index (χ1v) is 8.43. The summed E-state index contributed by atoms with van der Waals surface area (Å²) in [5, 5.41) is 10.3. The van der Waals surface area contributed by atoms with Gasteiger partial charge in [-0.05, 0) is 70.4 Å². The molecule has 1 aliphatic rings. The number of aromatic nitrogens is 1. The molecule has 1 atom stereocenters. The van der Waals surface area contributed by atoms with E-state index in [1.165, 1.54) is 16.6 Å². The molecular weight excluding hydrogens is 298 g/mol. The van der Waals surface area contributed by atoms with Gasteiger partial charge >= 0.3 is 0 Å². The molecule has 0 fully saturated rings. The van der Waals surface area contributed by atoms with Gasteiger partial charge in [-0.15, -0.1) is 0 Å². The van der Waals surface area contributed by atoms with Crippen LogP contribution in [0.3, 0.4) is 0 Å². The lowest BCUT2D eigenvalue weighted by atomic mass is 9.90. The van der Waals surface area contributed by atoms with Crippen molar-refractivity contribution in [2.45, 2.75) is 51.7 Å². The number of hydrogen-bond acceptors (Lipinski definition) is 3. The number of likely N-dealkylation sites (N-methyl/N-ethyl adjacent to an activating group) is 1. The molecule has 0 aliphatic heterocycles. The second-order valence-corrected chi connectivity index (χ2v) is 7.57. The van der Waals surface area contributed by atoms with Gasteiger partial charge in [0.2, 0.25) is 0 Å². The number of aryl methyl sites for hydroxylation is 1. The summed E-state index contributed by atoms with van der Waals surface area (Å²) >= 11 is 0. The molecule has 1 unspecified atom stereocenters. The van der Waals surface area contributed by atoms with Gasteiger partial charge in [-0.3, -0.25) is 0 Å². The number of fused-ring (bicyclic) bond motifs is 3. The van der Waals surface area contributed by atoms with Crippen molar-refractivity contribution in [3.8, 4) is 6.07 Å². The Labute approximate surface area is 143 Å². The van der Waals surface area contributed by atoms with Gasteiger partial charge in [0.15, 0.2) is 5.88 Å². The fourth-order valence-corrected chi connectivity index (χ4v) is 3.43. The summed E-state index contributed by atoms with van der Waals surface area (Å²) in [5.74, 6) is 0.716. The number of H-pyrrole nitrogens is 1. The van der Waals surface area contributed by atoms with Crippen LogP contribution in [-0.4, -0.2) is 28.6 Å². The van der Waals surface area contributed by atoms with Crippen LogP contribution in [0.5, 0.6) is 0 Å². The molecule has 0 amide bonds. The zero-order valence-corrected chi connectivity index (χ0v) is 14.9. The Hall–Kier alpha value is -2.41. The number of benzene rings is 1. The molecule has 1 heterocycles. The van der Waals surface area contributed by atoms with Gasteiger partial charge < -0.3 is 14.6 Å². The monoisotopic (exact) mass is 323 g/mol. The Morgan fingerprint density at radius 1 is 1.42 bits per heavy atom. The molecule has 1 aromatic carbocycles. The maximum Gasteiger partial charge on any atom is 0.182 e. The zero-order chi connectivity index (χ0) is 17.5. The van der Waals surface area contributed by atoms with Crippen molar-refractivity contribution in [2.75, 3.05) is 7.05 Å². The van der Waals surface area contributed by atoms with Crippen molar-refractivity contribution < 1.29 is 4.74 Å². The first-order chi connectivity index (χ1) is 11.3. The van der Waals surface area contributed by atoms with E-state index < -0.39 is 0 Å². The second kappa shape index (κ2) is 5.90. The Kier molecular flexibility index (Phi) is 4.04. The average Bonchev–Trinajstić information content (AvgIpc) is 2.89. The summed E-state index contributed by atoms with van der Waals surface area (Å²) < 4.78 is 5.93. The molecule has 1 aliphatic carbocycles. The highest BCUT2D eigenvalue weighted by Crippen LogP contribution is 2.32. The van der Waals surface area contributed by atoms with Crippen molar-refractivity contribution in [3.63, 3.8) is 0 Å². The normalized spacial score (nSPS) is 17.2. The smallest absolute Gasteiger partial charge is 0.182 e. The fourth-order valence-electron chi connectivity index (χ4n) is 3.43. The predicted molar refractivity (Wildman–Crippen MR) is 96.6 cm³/mol. The third-order valence-corrected chi connectivity index (χ3v) is 4.66. The van der Waals surface area contributed by atoms with E-state index in [0.29, 0.717) is 17.5 Å². The summed E-state index contributed by atoms with van der Waals surface area (Å²) in [6.45, 7) is 10.2. The number of aromatic amines is 1. The molecule has 126 valence electrons. The fraction of sp³-hybridized carbons (Fsp3) is 0.450. The van der Waals surface area contributed by atoms with Crippen LogP contribution in [0.15, 0.2) is 30.7 Å². The standard InChI is InChI=1S/C20H25N3O/c1-13(24-20(2,3)4)23(5)15-7-9-19-17(11-15)16-10-14(12-21)6-8-18(16)22-19/h6,8,10,15,22H,1,7,9,11H2,2-5H3. The van der Waals surface area contributed by atoms with Crippen LogP contribution in [0, 0.1) is 11.3 Å². The zero-order valence-electron chi connectivity index (χ0n) is 14.9. The summed E-state index contributed by atoms with van der Waals surface area (Å²) in [6, 6.07) is 8.46. The van der Waals surface area contributed by atoms with E-state index in [0.717, 1.165) is 24.8 Å². The van der Waals surface area contributed by atoms with Crippen molar-refractivity contribution in [3.05, 3.63) is 47.5 Å². The number of hydrogen-bond donors (Lipinski definition) is 1. The molecule has 0 saturated heterocycles. The first kappa shape index (κ1) is 16.4. The topological polar surface area (TPSA) is 52.0 Å². The van der Waals surface area contributed by atoms with Gasteiger partial charge in [-0.25, -0.2) is 0 Å². The van der Waals surface area contributed by atoms with Crippen LogP contribution >= 0.6 is 0 Å². The van der Waals surface area contributed by atoms with Gasteiger partial charge in [0.25, 0.3) is 0 Å². The predicted octanol–water partition coefficient (Wildman–Crippen LogP) is 4.11. The molecule has 4 heteroatoms. The molecule has 0 radical (unpaired) electrons. The molecule has 1 aromatic heterocycles. The third kappa shape index (κ3) is 3.12. The van der Waals surface area contributed by atoms with Crippen LogP contribution in [0.1, 0.15) is 44.0 Å². The maximum absolute atomic E-state index is 9.16. The summed E-state index contributed by atoms with van der Waals surface area (Å²) in [6.07, 6.45) is 3.00. The third-order valence-electron chi connectivity index (χ3n) is 4.66. The molecule has 1 N–H and O–H groups in total. The van der Waals surface area contributed by atoms with E-state index in [-0.39, 0.29) is 5.60 Å². The molecule has 4 nitrogen and oxygen atoms in total. The van der Waals surface area contributed by atoms with Crippen LogP contribution in [0.25, 0.3) is 10.9 Å². The Bertz CT molecular complexity index is 820. The van der Waals surface area contributed by atoms with Crippen LogP contribution in [-0.2, 0) is 17.6 Å². The van der Waals surface area contributed by atoms with Gasteiger partial charge in [-0.1, -0.05) is 0 Å². The lowest BCUT2D eigenvalue weighted by molar-refractivity contribution is -0.00231. The Morgan fingerprint density at radius 3 is 2.83 bits per heavy atom. The van der Waals surface area contributed by atoms with Gasteiger partial charge in [0.05, 0.1) is 11.6 Å². The van der Waals surface area contributed by atoms with E-state index in [4.69, 9.17) is 10.00 Å². The van der Waals surface area contributed by atoms with E-state index >= 15 is 0 Å². The van der Waals surface area contributed by atoms with E-state index in [9.17, 15) is 0 Å². The molecule has 2 aromatic rings. The highest BCUT2D eigenvalue weighted by atomic mass is 16.5. The molecular formula is C20H25N3O. The van der Waals surface area contributed by atoms with Crippen molar-refractivity contribution >= 4 is 10.9 Å². The molecule has 0 saturated carbocycles. The average molecular weight is 323 g/mol. The largest absolute Gasteiger partial charge is 0.474 e. The molecule has 0 bridgehead atoms. The molecule has 0 spiro atoms. The van der Waals surface area contributed by atoms with E-state index in [1.807, 2.05) is 39.0 Å². The van der Waals surface area contributed by atoms with Crippen LogP contribution < -0.4 is 0 Å². The van der Waals surface area contributed by atoms with Crippen molar-refractivity contribution in [2.24, 2.45) is 0 Å². The minimum Gasteiger partial charge on any atom is -0.474 e. The van der Waals surface area contributed by atoms with Gasteiger partial charge in [-0.2, -0.15) is 5.26 Å². The quantitative estimate of drug-likeness (QED) is 0.865. The SMILES string of the molecule is C=C(OC(C)(C)C)N(C)C1CCc2[nH]c3ccc(C#N)cc3c2C1. The first-order valence-electron chi connectivity index (χ1n) is 8.43. The second-order valence-electron chi connectivity index (χ2n) is 7.57. The van der Waals surface area contributed by atoms with Crippen molar-refractivity contribution in [1.82, 2.24) is 9.88 Å². The van der Waals surface area contributed by atoms with Crippen molar-refractivity contribution in [1.29, 1.82) is 5.26 Å². The minimum absolute atomic E-state index is 0.242. The van der Waals surface area contributed by atoms with Gasteiger partial charge in [0, 0.05) is 29.7 Å². The lowest BCUT2D eigenvalue weighted by Crippen LogP contribution is -2.38. The summed E-state index contributed by atoms with van der Waals surface area (Å²) in [4.78, 5) is 5.67. The maximum atomic E-state index is 9.16. The number of ether oxygens (including phenoxy) is 1. The van der Waals surface area contributed by atoms with E-state index in [2.05, 4.69) is 29.6 Å². The number of rotatable bonds is 3. The van der Waals surface area contributed by atoms with E-state index in [1.54, 1.807) is 0 Å². The number of nitrogens with zero attached hydrogens (tertiary/aromatic N) is 2. The highest BCUT2D eigenvalue weighted by molar-refractivity contribution is 5.86. The van der Waals surface area contributed by atoms with Crippen LogP contribution in [0.2, 0.25) is 0 Å².